The summed E-state index contributed by atoms with van der Waals surface area (Å²) in [5.41, 5.74) is 0.855. The summed E-state index contributed by atoms with van der Waals surface area (Å²) < 4.78 is 36.5. The Morgan fingerprint density at radius 1 is 1.08 bits per heavy atom. The summed E-state index contributed by atoms with van der Waals surface area (Å²) in [5, 5.41) is 0. The summed E-state index contributed by atoms with van der Waals surface area (Å²) in [4.78, 5) is 0. The van der Waals surface area contributed by atoms with Gasteiger partial charge in [0.2, 0.25) is 0 Å². The second-order valence-electron chi connectivity index (χ2n) is 6.64. The van der Waals surface area contributed by atoms with E-state index in [-0.39, 0.29) is 29.9 Å². The van der Waals surface area contributed by atoms with Gasteiger partial charge < -0.3 is 28.4 Å². The predicted octanol–water partition coefficient (Wildman–Crippen LogP) is 3.07. The van der Waals surface area contributed by atoms with Gasteiger partial charge in [-0.3, -0.25) is 0 Å². The third kappa shape index (κ3) is 3.54. The van der Waals surface area contributed by atoms with Gasteiger partial charge in [-0.15, -0.1) is 11.8 Å². The van der Waals surface area contributed by atoms with Crippen LogP contribution in [-0.2, 0) is 28.4 Å². The molecule has 0 spiro atoms. The quantitative estimate of drug-likeness (QED) is 0.776. The monoisotopic (exact) mass is 382 g/mol. The van der Waals surface area contributed by atoms with Crippen LogP contribution in [0.5, 0.6) is 0 Å². The maximum absolute atomic E-state index is 6.27. The van der Waals surface area contributed by atoms with Gasteiger partial charge in [-0.25, -0.2) is 0 Å². The lowest BCUT2D eigenvalue weighted by Gasteiger charge is -2.45. The molecule has 0 bridgehead atoms. The molecule has 0 saturated carbocycles. The van der Waals surface area contributed by atoms with E-state index in [0.29, 0.717) is 13.2 Å². The molecule has 1 aromatic carbocycles. The van der Waals surface area contributed by atoms with Gasteiger partial charge in [0.15, 0.2) is 6.29 Å². The molecule has 1 aromatic rings. The molecule has 3 aliphatic heterocycles. The first kappa shape index (κ1) is 18.7. The van der Waals surface area contributed by atoms with Crippen LogP contribution >= 0.6 is 11.8 Å². The molecule has 6 nitrogen and oxygen atoms in total. The average molecular weight is 382 g/mol. The fourth-order valence-corrected chi connectivity index (χ4v) is 4.69. The molecular formula is C19H26O6S. The molecule has 7 atom stereocenters. The molecule has 3 heterocycles. The minimum atomic E-state index is -1.07. The Hall–Kier alpha value is -0.670. The van der Waals surface area contributed by atoms with Gasteiger partial charge in [0.25, 0.3) is 5.97 Å². The maximum Gasteiger partial charge on any atom is 0.280 e. The molecule has 144 valence electrons. The Morgan fingerprint density at radius 2 is 1.85 bits per heavy atom. The third-order valence-electron chi connectivity index (χ3n) is 4.79. The molecule has 4 rings (SSSR count). The summed E-state index contributed by atoms with van der Waals surface area (Å²) in [5.74, 6) is -0.146. The molecule has 3 aliphatic rings. The van der Waals surface area contributed by atoms with E-state index in [0.717, 1.165) is 11.3 Å². The van der Waals surface area contributed by atoms with Crippen molar-refractivity contribution >= 4 is 11.8 Å². The van der Waals surface area contributed by atoms with Crippen molar-refractivity contribution in [3.8, 4) is 0 Å². The zero-order chi connectivity index (χ0) is 18.1. The van der Waals surface area contributed by atoms with Crippen LogP contribution in [0.25, 0.3) is 0 Å². The van der Waals surface area contributed by atoms with E-state index in [9.17, 15) is 0 Å². The van der Waals surface area contributed by atoms with Crippen LogP contribution in [0.4, 0.5) is 0 Å². The van der Waals surface area contributed by atoms with Gasteiger partial charge >= 0.3 is 0 Å². The number of fused-ring (bicyclic) bond motifs is 3. The number of benzene rings is 1. The average Bonchev–Trinajstić information content (AvgIpc) is 3.01. The van der Waals surface area contributed by atoms with Crippen molar-refractivity contribution in [2.24, 2.45) is 0 Å². The fraction of sp³-hybridized carbons (Fsp3) is 0.684. The molecular weight excluding hydrogens is 356 g/mol. The third-order valence-corrected chi connectivity index (χ3v) is 5.83. The molecule has 7 heteroatoms. The summed E-state index contributed by atoms with van der Waals surface area (Å²) in [6, 6.07) is 9.92. The van der Waals surface area contributed by atoms with Crippen molar-refractivity contribution in [1.82, 2.24) is 0 Å². The first-order chi connectivity index (χ1) is 12.6. The van der Waals surface area contributed by atoms with Crippen molar-refractivity contribution < 1.29 is 28.4 Å². The second kappa shape index (κ2) is 7.75. The van der Waals surface area contributed by atoms with Gasteiger partial charge in [0.05, 0.1) is 6.61 Å². The van der Waals surface area contributed by atoms with Crippen LogP contribution in [0.15, 0.2) is 30.3 Å². The standard InChI is InChI=1S/C19H26O6S/c1-4-21-19(3)24-15-14-13(22-18(26-5-2)16(15)25-19)11-20-17(23-14)12-9-7-6-8-10-12/h6-10,13-18H,4-5,11H2,1-3H3/t13-,14-,15+,16+,17?,18-,19?/m1/s1. The number of ether oxygens (including phenoxy) is 6. The van der Waals surface area contributed by atoms with Crippen LogP contribution in [0.3, 0.4) is 0 Å². The van der Waals surface area contributed by atoms with Crippen LogP contribution in [-0.4, -0.2) is 54.8 Å². The SMILES string of the molecule is CCOC1(C)O[C@@H]2[C@H](O1)[C@@H](SCC)O[C@@H]1COC(c3ccccc3)O[C@@H]21. The molecule has 0 aliphatic carbocycles. The number of hydrogen-bond donors (Lipinski definition) is 0. The Bertz CT molecular complexity index is 601. The Labute approximate surface area is 158 Å². The minimum absolute atomic E-state index is 0.131. The van der Waals surface area contributed by atoms with Gasteiger partial charge in [-0.1, -0.05) is 37.3 Å². The summed E-state index contributed by atoms with van der Waals surface area (Å²) >= 11 is 1.71. The fourth-order valence-electron chi connectivity index (χ4n) is 3.74. The lowest BCUT2D eigenvalue weighted by molar-refractivity contribution is -0.337. The lowest BCUT2D eigenvalue weighted by atomic mass is 9.99. The second-order valence-corrected chi connectivity index (χ2v) is 8.01. The predicted molar refractivity (Wildman–Crippen MR) is 96.6 cm³/mol. The smallest absolute Gasteiger partial charge is 0.280 e. The highest BCUT2D eigenvalue weighted by Gasteiger charge is 2.59. The van der Waals surface area contributed by atoms with Crippen molar-refractivity contribution in [2.75, 3.05) is 19.0 Å². The topological polar surface area (TPSA) is 55.4 Å². The van der Waals surface area contributed by atoms with E-state index < -0.39 is 12.3 Å². The molecule has 2 unspecified atom stereocenters. The molecule has 3 saturated heterocycles. The molecule has 0 aromatic heterocycles. The van der Waals surface area contributed by atoms with E-state index in [2.05, 4.69) is 6.92 Å². The van der Waals surface area contributed by atoms with Crippen LogP contribution < -0.4 is 0 Å². The molecule has 0 amide bonds. The van der Waals surface area contributed by atoms with Crippen LogP contribution in [0.1, 0.15) is 32.6 Å². The minimum Gasteiger partial charge on any atom is -0.356 e. The maximum atomic E-state index is 6.27. The van der Waals surface area contributed by atoms with E-state index in [4.69, 9.17) is 28.4 Å². The summed E-state index contributed by atoms with van der Waals surface area (Å²) in [6.07, 6.45) is -1.39. The first-order valence-corrected chi connectivity index (χ1v) is 10.3. The van der Waals surface area contributed by atoms with E-state index in [1.54, 1.807) is 11.8 Å². The number of thioether (sulfide) groups is 1. The molecule has 0 radical (unpaired) electrons. The molecule has 26 heavy (non-hydrogen) atoms. The summed E-state index contributed by atoms with van der Waals surface area (Å²) in [7, 11) is 0. The highest BCUT2D eigenvalue weighted by atomic mass is 32.2. The first-order valence-electron chi connectivity index (χ1n) is 9.22. The van der Waals surface area contributed by atoms with Crippen LogP contribution in [0.2, 0.25) is 0 Å². The van der Waals surface area contributed by atoms with E-state index in [1.165, 1.54) is 0 Å². The zero-order valence-electron chi connectivity index (χ0n) is 15.3. The van der Waals surface area contributed by atoms with Crippen molar-refractivity contribution in [3.05, 3.63) is 35.9 Å². The Morgan fingerprint density at radius 3 is 2.58 bits per heavy atom. The van der Waals surface area contributed by atoms with Gasteiger partial charge in [0, 0.05) is 19.1 Å². The zero-order valence-corrected chi connectivity index (χ0v) is 16.1. The molecule has 0 N–H and O–H groups in total. The van der Waals surface area contributed by atoms with Gasteiger partial charge in [-0.05, 0) is 12.7 Å². The van der Waals surface area contributed by atoms with E-state index >= 15 is 0 Å². The van der Waals surface area contributed by atoms with Gasteiger partial charge in [0.1, 0.15) is 29.9 Å². The number of rotatable bonds is 5. The molecule has 3 fully saturated rings. The number of hydrogen-bond acceptors (Lipinski definition) is 7. The Balaban J connectivity index is 1.56. The van der Waals surface area contributed by atoms with Crippen LogP contribution in [0, 0.1) is 0 Å². The van der Waals surface area contributed by atoms with Crippen molar-refractivity contribution in [1.29, 1.82) is 0 Å². The van der Waals surface area contributed by atoms with Crippen molar-refractivity contribution in [3.63, 3.8) is 0 Å². The lowest BCUT2D eigenvalue weighted by Crippen LogP contribution is -2.59. The summed E-state index contributed by atoms with van der Waals surface area (Å²) in [6.45, 7) is 6.81. The normalized spacial score (nSPS) is 42.3. The van der Waals surface area contributed by atoms with Crippen molar-refractivity contribution in [2.45, 2.75) is 62.9 Å². The Kier molecular flexibility index (Phi) is 5.57. The highest BCUT2D eigenvalue weighted by Crippen LogP contribution is 2.45. The van der Waals surface area contributed by atoms with E-state index in [1.807, 2.05) is 44.2 Å². The largest absolute Gasteiger partial charge is 0.356 e. The van der Waals surface area contributed by atoms with Gasteiger partial charge in [-0.2, -0.15) is 0 Å². The highest BCUT2D eigenvalue weighted by molar-refractivity contribution is 7.99.